The number of hydrogen-bond acceptors (Lipinski definition) is 10. The van der Waals surface area contributed by atoms with Gasteiger partial charge in [0, 0.05) is 59.0 Å². The topological polar surface area (TPSA) is 155 Å². The summed E-state index contributed by atoms with van der Waals surface area (Å²) < 4.78 is 12.1. The van der Waals surface area contributed by atoms with Crippen LogP contribution in [0.15, 0.2) is 24.3 Å². The molecule has 9 atom stereocenters. The summed E-state index contributed by atoms with van der Waals surface area (Å²) in [6.45, 7) is 15.2. The monoisotopic (exact) mass is 815 g/mol. The number of nitrogens with one attached hydrogen (secondary N) is 1. The minimum atomic E-state index is -0.676. The molecule has 328 valence electrons. The molecule has 0 saturated carbocycles. The molecule has 3 amide bonds. The molecule has 2 aliphatic heterocycles. The average molecular weight is 815 g/mol. The summed E-state index contributed by atoms with van der Waals surface area (Å²) in [7, 11) is 6.66. The molecule has 2 heterocycles. The quantitative estimate of drug-likeness (QED) is 0.146. The van der Waals surface area contributed by atoms with E-state index in [-0.39, 0.29) is 84.1 Å². The van der Waals surface area contributed by atoms with Gasteiger partial charge in [-0.3, -0.25) is 28.8 Å². The number of hydroxylamine groups is 2. The molecule has 0 aromatic heterocycles. The number of methoxy groups -OCH3 is 2. The summed E-state index contributed by atoms with van der Waals surface area (Å²) in [4.78, 5) is 79.1. The van der Waals surface area contributed by atoms with Crippen LogP contribution in [0.2, 0.25) is 0 Å². The van der Waals surface area contributed by atoms with Crippen LogP contribution in [-0.4, -0.2) is 128 Å². The maximum atomic E-state index is 14.3. The molecule has 0 unspecified atom stereocenters. The number of likely N-dealkylation sites (N-methyl/N-ethyl adjacent to an activating group) is 2. The summed E-state index contributed by atoms with van der Waals surface area (Å²) in [6.07, 6.45) is 3.02. The van der Waals surface area contributed by atoms with Crippen molar-refractivity contribution in [2.24, 2.45) is 35.5 Å². The molecule has 0 aliphatic carbocycles. The lowest BCUT2D eigenvalue weighted by Crippen LogP contribution is -2.54. The fraction of sp³-hybridized carbons (Fsp3) is 0.756. The second-order valence-electron chi connectivity index (χ2n) is 17.3. The van der Waals surface area contributed by atoms with Gasteiger partial charge >= 0.3 is 0 Å². The van der Waals surface area contributed by atoms with Crippen LogP contribution in [0.3, 0.4) is 0 Å². The number of amides is 3. The Morgan fingerprint density at radius 2 is 1.57 bits per heavy atom. The van der Waals surface area contributed by atoms with Crippen LogP contribution in [0.25, 0.3) is 0 Å². The van der Waals surface area contributed by atoms with E-state index < -0.39 is 36.0 Å². The number of benzene rings is 1. The van der Waals surface area contributed by atoms with E-state index in [0.717, 1.165) is 31.2 Å². The highest BCUT2D eigenvalue weighted by atomic mass is 16.7. The van der Waals surface area contributed by atoms with Crippen molar-refractivity contribution in [1.82, 2.24) is 20.2 Å². The van der Waals surface area contributed by atoms with Crippen LogP contribution in [0.4, 0.5) is 0 Å². The van der Waals surface area contributed by atoms with Gasteiger partial charge in [-0.25, -0.2) is 5.06 Å². The summed E-state index contributed by atoms with van der Waals surface area (Å²) >= 11 is 0. The van der Waals surface area contributed by atoms with Crippen LogP contribution in [0.1, 0.15) is 105 Å². The fourth-order valence-electron chi connectivity index (χ4n) is 8.99. The van der Waals surface area contributed by atoms with Crippen LogP contribution >= 0.6 is 0 Å². The Hall–Kier alpha value is -3.39. The molecule has 2 saturated heterocycles. The van der Waals surface area contributed by atoms with Crippen LogP contribution in [-0.2, 0) is 44.7 Å². The number of nitrogens with zero attached hydrogens (tertiary/aromatic N) is 3. The second kappa shape index (κ2) is 23.4. The van der Waals surface area contributed by atoms with E-state index >= 15 is 0 Å². The zero-order valence-electron chi connectivity index (χ0n) is 37.2. The van der Waals surface area contributed by atoms with Crippen LogP contribution in [0.5, 0.6) is 5.75 Å². The van der Waals surface area contributed by atoms with E-state index in [1.807, 2.05) is 34.6 Å². The predicted octanol–water partition coefficient (Wildman–Crippen LogP) is 5.46. The smallest absolute Gasteiger partial charge is 0.250 e. The molecule has 13 nitrogen and oxygen atoms in total. The van der Waals surface area contributed by atoms with Gasteiger partial charge in [0.1, 0.15) is 11.5 Å². The molecule has 2 fully saturated rings. The molecule has 3 rings (SSSR count). The van der Waals surface area contributed by atoms with Crippen molar-refractivity contribution < 1.29 is 43.4 Å². The van der Waals surface area contributed by atoms with Gasteiger partial charge in [0.05, 0.1) is 49.3 Å². The van der Waals surface area contributed by atoms with Crippen molar-refractivity contribution in [3.8, 4) is 5.75 Å². The van der Waals surface area contributed by atoms with Gasteiger partial charge in [-0.05, 0) is 74.6 Å². The Balaban J connectivity index is 1.80. The predicted molar refractivity (Wildman–Crippen MR) is 224 cm³/mol. The van der Waals surface area contributed by atoms with Gasteiger partial charge < -0.3 is 29.7 Å². The fourth-order valence-corrected chi connectivity index (χ4v) is 8.99. The van der Waals surface area contributed by atoms with E-state index in [9.17, 15) is 29.1 Å². The first kappa shape index (κ1) is 49.0. The van der Waals surface area contributed by atoms with Crippen LogP contribution < -0.4 is 5.32 Å². The van der Waals surface area contributed by atoms with E-state index in [0.29, 0.717) is 32.5 Å². The van der Waals surface area contributed by atoms with E-state index in [1.165, 1.54) is 5.06 Å². The number of ketones is 2. The van der Waals surface area contributed by atoms with Crippen molar-refractivity contribution in [2.75, 3.05) is 48.0 Å². The number of Topliss-reactive ketones (excluding diaryl/α,β-unsaturated/α-hetero) is 2. The zero-order valence-corrected chi connectivity index (χ0v) is 37.2. The number of hydrogen-bond donors (Lipinski definition) is 2. The number of rotatable bonds is 23. The van der Waals surface area contributed by atoms with Gasteiger partial charge in [-0.15, -0.1) is 0 Å². The molecule has 0 radical (unpaired) electrons. The molecule has 13 heteroatoms. The minimum absolute atomic E-state index is 0.00692. The lowest BCUT2D eigenvalue weighted by Gasteiger charge is -2.41. The second-order valence-corrected chi connectivity index (χ2v) is 17.3. The van der Waals surface area contributed by atoms with Crippen molar-refractivity contribution in [1.29, 1.82) is 0 Å². The summed E-state index contributed by atoms with van der Waals surface area (Å²) in [5.41, 5.74) is 0.821. The first-order valence-electron chi connectivity index (χ1n) is 21.6. The number of aromatic hydroxyl groups is 1. The van der Waals surface area contributed by atoms with Gasteiger partial charge in [0.25, 0.3) is 0 Å². The molecular formula is C45H74N4O9. The number of carbonyl (C=O) groups excluding carboxylic acids is 5. The van der Waals surface area contributed by atoms with Crippen molar-refractivity contribution >= 4 is 29.3 Å². The number of phenolic OH excluding ortho intramolecular Hbond substituents is 1. The summed E-state index contributed by atoms with van der Waals surface area (Å²) in [6, 6.07) is 5.50. The SMILES string of the molecule is CC[C@H](C)[C@@H]([C@@H](CC(=O)N1CCC[C@H]1[C@H](OC)[C@@H](C)C(=O)C[C@@H](Cc1ccc(O)cc1)C(=O)N1CCCCO1)OC)N(C)C(=O)[C@@H](CC(=O)[C@@H](NC)C(C)C)C(C)C. The highest BCUT2D eigenvalue weighted by Gasteiger charge is 2.43. The summed E-state index contributed by atoms with van der Waals surface area (Å²) in [5.74, 6) is -2.37. The van der Waals surface area contributed by atoms with Gasteiger partial charge in [-0.1, -0.05) is 67.0 Å². The van der Waals surface area contributed by atoms with E-state index in [1.54, 1.807) is 62.4 Å². The van der Waals surface area contributed by atoms with Crippen molar-refractivity contribution in [3.63, 3.8) is 0 Å². The maximum Gasteiger partial charge on any atom is 0.250 e. The number of carbonyl (C=O) groups is 5. The Morgan fingerprint density at radius 3 is 2.10 bits per heavy atom. The molecule has 1 aromatic carbocycles. The van der Waals surface area contributed by atoms with Gasteiger partial charge in [-0.2, -0.15) is 0 Å². The maximum absolute atomic E-state index is 14.3. The lowest BCUT2D eigenvalue weighted by atomic mass is 9.84. The molecule has 2 aliphatic rings. The third-order valence-electron chi connectivity index (χ3n) is 12.7. The number of ether oxygens (including phenoxy) is 2. The first-order chi connectivity index (χ1) is 27.5. The summed E-state index contributed by atoms with van der Waals surface area (Å²) in [5, 5.41) is 14.3. The van der Waals surface area contributed by atoms with E-state index in [2.05, 4.69) is 19.2 Å². The zero-order chi connectivity index (χ0) is 43.3. The Bertz CT molecular complexity index is 1480. The largest absolute Gasteiger partial charge is 0.508 e. The highest BCUT2D eigenvalue weighted by molar-refractivity contribution is 5.90. The molecular weight excluding hydrogens is 741 g/mol. The third kappa shape index (κ3) is 12.8. The standard InChI is InChI=1S/C45H74N4O9/c1-12-30(6)42(47(9)45(55)35(28(2)3)26-38(52)41(46-8)29(4)5)39(56-10)27-40(53)48-21-15-16-36(48)43(57-11)31(7)37(51)25-33(24-32-17-19-34(50)20-18-32)44(54)49-22-13-14-23-58-49/h17-20,28-31,33,35-36,39,41-43,46,50H,12-16,21-27H2,1-11H3/t30-,31-,33+,35-,36-,39+,41-,42-,43+/m0/s1. The Kier molecular flexibility index (Phi) is 19.8. The van der Waals surface area contributed by atoms with Crippen molar-refractivity contribution in [2.45, 2.75) is 137 Å². The molecule has 58 heavy (non-hydrogen) atoms. The molecule has 2 N–H and O–H groups in total. The average Bonchev–Trinajstić information content (AvgIpc) is 3.69. The highest BCUT2D eigenvalue weighted by Crippen LogP contribution is 2.32. The third-order valence-corrected chi connectivity index (χ3v) is 12.7. The van der Waals surface area contributed by atoms with Gasteiger partial charge in [0.15, 0.2) is 5.78 Å². The Labute approximate surface area is 347 Å². The minimum Gasteiger partial charge on any atom is -0.508 e. The van der Waals surface area contributed by atoms with Crippen LogP contribution in [0, 0.1) is 35.5 Å². The number of likely N-dealkylation sites (tertiary alicyclic amines) is 1. The molecule has 0 bridgehead atoms. The molecule has 1 aromatic rings. The first-order valence-corrected chi connectivity index (χ1v) is 21.6. The molecule has 0 spiro atoms. The van der Waals surface area contributed by atoms with Gasteiger partial charge in [0.2, 0.25) is 17.7 Å². The number of phenols is 1. The Morgan fingerprint density at radius 1 is 0.897 bits per heavy atom. The lowest BCUT2D eigenvalue weighted by molar-refractivity contribution is -0.201. The van der Waals surface area contributed by atoms with E-state index in [4.69, 9.17) is 14.3 Å². The normalized spacial score (nSPS) is 20.3. The van der Waals surface area contributed by atoms with Crippen molar-refractivity contribution in [3.05, 3.63) is 29.8 Å².